The number of benzene rings is 2. The number of aromatic nitrogens is 2. The van der Waals surface area contributed by atoms with E-state index in [1.54, 1.807) is 24.3 Å². The van der Waals surface area contributed by atoms with Crippen molar-refractivity contribution in [3.63, 3.8) is 0 Å². The van der Waals surface area contributed by atoms with Crippen LogP contribution in [-0.2, 0) is 14.2 Å². The summed E-state index contributed by atoms with van der Waals surface area (Å²) in [6, 6.07) is 15.0. The zero-order valence-corrected chi connectivity index (χ0v) is 17.8. The average Bonchev–Trinajstić information content (AvgIpc) is 3.10. The van der Waals surface area contributed by atoms with Gasteiger partial charge in [-0.15, -0.1) is 0 Å². The van der Waals surface area contributed by atoms with E-state index in [1.807, 2.05) is 0 Å². The van der Waals surface area contributed by atoms with Crippen LogP contribution in [0.5, 0.6) is 0 Å². The lowest BCUT2D eigenvalue weighted by molar-refractivity contribution is -0.143. The number of ether oxygens (including phenoxy) is 3. The van der Waals surface area contributed by atoms with Gasteiger partial charge in [-0.2, -0.15) is 13.8 Å². The van der Waals surface area contributed by atoms with Crippen LogP contribution in [0.4, 0.5) is 19.0 Å². The van der Waals surface area contributed by atoms with Crippen molar-refractivity contribution in [1.82, 2.24) is 9.55 Å². The first-order chi connectivity index (χ1) is 16.7. The lowest BCUT2D eigenvalue weighted by atomic mass is 10.1. The van der Waals surface area contributed by atoms with Gasteiger partial charge in [0.1, 0.15) is 12.7 Å². The molecule has 182 valence electrons. The van der Waals surface area contributed by atoms with Crippen LogP contribution >= 0.6 is 0 Å². The first kappa shape index (κ1) is 24.0. The fourth-order valence-corrected chi connectivity index (χ4v) is 3.45. The Morgan fingerprint density at radius 1 is 1.03 bits per heavy atom. The molecule has 1 fully saturated rings. The second-order valence-electron chi connectivity index (χ2n) is 7.52. The van der Waals surface area contributed by atoms with Gasteiger partial charge in [0.15, 0.2) is 17.7 Å². The third kappa shape index (κ3) is 4.87. The van der Waals surface area contributed by atoms with Crippen molar-refractivity contribution < 1.29 is 37.0 Å². The lowest BCUT2D eigenvalue weighted by Gasteiger charge is -2.24. The topological polar surface area (TPSA) is 123 Å². The van der Waals surface area contributed by atoms with Crippen molar-refractivity contribution in [2.45, 2.75) is 24.4 Å². The van der Waals surface area contributed by atoms with Gasteiger partial charge < -0.3 is 19.9 Å². The summed E-state index contributed by atoms with van der Waals surface area (Å²) in [6.45, 7) is -0.758. The maximum absolute atomic E-state index is 15.5. The Morgan fingerprint density at radius 3 is 2.20 bits per heavy atom. The molecule has 9 nitrogen and oxygen atoms in total. The number of nitrogens with zero attached hydrogens (tertiary/aromatic N) is 2. The fraction of sp³-hybridized carbons (Fsp3) is 0.217. The number of carbonyl (C=O) groups is 2. The number of nitrogen functional groups attached to an aromatic ring is 1. The Morgan fingerprint density at radius 2 is 1.60 bits per heavy atom. The number of hydrogen-bond donors (Lipinski definition) is 1. The predicted octanol–water partition coefficient (Wildman–Crippen LogP) is 2.58. The Bertz CT molecular complexity index is 1290. The third-order valence-electron chi connectivity index (χ3n) is 5.17. The van der Waals surface area contributed by atoms with Gasteiger partial charge in [0.25, 0.3) is 0 Å². The molecule has 12 heteroatoms. The minimum Gasteiger partial charge on any atom is -0.459 e. The summed E-state index contributed by atoms with van der Waals surface area (Å²) in [5.74, 6) is -8.02. The van der Waals surface area contributed by atoms with E-state index in [4.69, 9.17) is 19.9 Å². The molecule has 4 rings (SSSR count). The maximum Gasteiger partial charge on any atom is 0.352 e. The van der Waals surface area contributed by atoms with Gasteiger partial charge in [-0.25, -0.2) is 18.8 Å². The number of rotatable bonds is 6. The van der Waals surface area contributed by atoms with Gasteiger partial charge in [0, 0.05) is 0 Å². The molecule has 2 heterocycles. The van der Waals surface area contributed by atoms with Gasteiger partial charge in [-0.1, -0.05) is 36.4 Å². The van der Waals surface area contributed by atoms with E-state index in [0.717, 1.165) is 0 Å². The van der Waals surface area contributed by atoms with E-state index < -0.39 is 60.2 Å². The smallest absolute Gasteiger partial charge is 0.352 e. The summed E-state index contributed by atoms with van der Waals surface area (Å²) in [5, 5.41) is 0. The monoisotopic (exact) mass is 489 g/mol. The number of nitrogens with two attached hydrogens (primary N) is 1. The zero-order chi connectivity index (χ0) is 25.2. The van der Waals surface area contributed by atoms with Crippen LogP contribution in [0.3, 0.4) is 0 Å². The molecule has 0 spiro atoms. The molecule has 0 unspecified atom stereocenters. The third-order valence-corrected chi connectivity index (χ3v) is 5.17. The number of esters is 2. The summed E-state index contributed by atoms with van der Waals surface area (Å²) >= 11 is 0. The van der Waals surface area contributed by atoms with E-state index in [9.17, 15) is 18.8 Å². The largest absolute Gasteiger partial charge is 0.459 e. The summed E-state index contributed by atoms with van der Waals surface area (Å²) in [6.07, 6.45) is -6.01. The van der Waals surface area contributed by atoms with Crippen LogP contribution in [-0.4, -0.2) is 46.2 Å². The van der Waals surface area contributed by atoms with Gasteiger partial charge in [0.05, 0.1) is 17.3 Å². The summed E-state index contributed by atoms with van der Waals surface area (Å²) in [4.78, 5) is 40.2. The Balaban J connectivity index is 1.63. The average molecular weight is 489 g/mol. The highest BCUT2D eigenvalue weighted by Crippen LogP contribution is 2.44. The van der Waals surface area contributed by atoms with E-state index >= 15 is 8.78 Å². The molecular weight excluding hydrogens is 471 g/mol. The van der Waals surface area contributed by atoms with Crippen LogP contribution in [0, 0.1) is 5.82 Å². The molecule has 1 aliphatic rings. The van der Waals surface area contributed by atoms with Gasteiger partial charge in [-0.3, -0.25) is 4.57 Å². The minimum absolute atomic E-state index is 0.0239. The van der Waals surface area contributed by atoms with Crippen LogP contribution in [0.2, 0.25) is 0 Å². The van der Waals surface area contributed by atoms with Crippen molar-refractivity contribution >= 4 is 17.8 Å². The Kier molecular flexibility index (Phi) is 6.56. The number of halogens is 3. The molecule has 3 aromatic rings. The molecule has 3 atom stereocenters. The maximum atomic E-state index is 15.5. The first-order valence-electron chi connectivity index (χ1n) is 10.2. The molecule has 0 saturated carbocycles. The summed E-state index contributed by atoms with van der Waals surface area (Å²) < 4.78 is 60.5. The van der Waals surface area contributed by atoms with E-state index in [2.05, 4.69) is 4.98 Å². The molecule has 0 bridgehead atoms. The van der Waals surface area contributed by atoms with E-state index in [-0.39, 0.29) is 15.7 Å². The van der Waals surface area contributed by atoms with Crippen molar-refractivity contribution in [2.24, 2.45) is 0 Å². The summed E-state index contributed by atoms with van der Waals surface area (Å²) in [7, 11) is 0. The molecule has 1 aromatic heterocycles. The van der Waals surface area contributed by atoms with Crippen LogP contribution in [0.15, 0.2) is 71.7 Å². The molecule has 0 aliphatic carbocycles. The van der Waals surface area contributed by atoms with Crippen LogP contribution < -0.4 is 11.4 Å². The predicted molar refractivity (Wildman–Crippen MR) is 114 cm³/mol. The molecule has 0 amide bonds. The fourth-order valence-electron chi connectivity index (χ4n) is 3.45. The highest BCUT2D eigenvalue weighted by molar-refractivity contribution is 5.90. The highest BCUT2D eigenvalue weighted by Gasteiger charge is 2.63. The Labute approximate surface area is 195 Å². The minimum atomic E-state index is -4.05. The molecular formula is C23H18F3N3O6. The standard InChI is InChI=1S/C23H18F3N3O6/c24-15-11-29(22(32)28-18(15)27)21-23(25,26)17(35-20(31)14-9-5-2-6-10-14)16(34-21)12-33-19(30)13-7-3-1-4-8-13/h1-11,16-17,21H,12H2,(H2,27,28,32)/t16-,17-,21+/m0/s1. The molecule has 0 radical (unpaired) electrons. The SMILES string of the molecule is Nc1nc(=O)n([C@@H]2O[C@@H](COC(=O)c3ccccc3)[C@H](OC(=O)c3ccccc3)C2(F)F)cc1F. The summed E-state index contributed by atoms with van der Waals surface area (Å²) in [5.41, 5.74) is 4.03. The lowest BCUT2D eigenvalue weighted by Crippen LogP contribution is -2.45. The molecule has 2 N–H and O–H groups in total. The van der Waals surface area contributed by atoms with Gasteiger partial charge in [-0.05, 0) is 24.3 Å². The second kappa shape index (κ2) is 9.58. The zero-order valence-electron chi connectivity index (χ0n) is 17.8. The number of hydrogen-bond acceptors (Lipinski definition) is 8. The quantitative estimate of drug-likeness (QED) is 0.525. The number of anilines is 1. The second-order valence-corrected chi connectivity index (χ2v) is 7.52. The number of carbonyl (C=O) groups excluding carboxylic acids is 2. The van der Waals surface area contributed by atoms with Gasteiger partial charge >= 0.3 is 23.6 Å². The molecule has 1 saturated heterocycles. The van der Waals surface area contributed by atoms with E-state index in [0.29, 0.717) is 6.20 Å². The van der Waals surface area contributed by atoms with Crippen molar-refractivity contribution in [1.29, 1.82) is 0 Å². The number of alkyl halides is 2. The molecule has 35 heavy (non-hydrogen) atoms. The van der Waals surface area contributed by atoms with Crippen molar-refractivity contribution in [2.75, 3.05) is 12.3 Å². The molecule has 2 aromatic carbocycles. The highest BCUT2D eigenvalue weighted by atomic mass is 19.3. The Hall–Kier alpha value is -4.19. The normalized spacial score (nSPS) is 20.8. The van der Waals surface area contributed by atoms with Crippen LogP contribution in [0.1, 0.15) is 26.9 Å². The van der Waals surface area contributed by atoms with Crippen molar-refractivity contribution in [3.8, 4) is 0 Å². The first-order valence-corrected chi connectivity index (χ1v) is 10.2. The molecule has 1 aliphatic heterocycles. The van der Waals surface area contributed by atoms with Gasteiger partial charge in [0.2, 0.25) is 6.23 Å². The van der Waals surface area contributed by atoms with Crippen LogP contribution in [0.25, 0.3) is 0 Å². The van der Waals surface area contributed by atoms with Crippen molar-refractivity contribution in [3.05, 3.63) is 94.3 Å². The van der Waals surface area contributed by atoms with E-state index in [1.165, 1.54) is 36.4 Å².